The van der Waals surface area contributed by atoms with E-state index in [-0.39, 0.29) is 0 Å². The molecule has 0 spiro atoms. The summed E-state index contributed by atoms with van der Waals surface area (Å²) < 4.78 is 0. The molecule has 2 atom stereocenters. The zero-order valence-electron chi connectivity index (χ0n) is 14.2. The van der Waals surface area contributed by atoms with Crippen molar-refractivity contribution >= 4 is 0 Å². The molecule has 0 saturated heterocycles. The van der Waals surface area contributed by atoms with Crippen LogP contribution in [0.25, 0.3) is 0 Å². The molecule has 0 bridgehead atoms. The highest BCUT2D eigenvalue weighted by Gasteiger charge is 2.53. The molecule has 2 fully saturated rings. The highest BCUT2D eigenvalue weighted by atomic mass is 14.9. The lowest BCUT2D eigenvalue weighted by Crippen LogP contribution is -2.37. The van der Waals surface area contributed by atoms with Crippen molar-refractivity contribution in [2.75, 3.05) is 13.1 Å². The van der Waals surface area contributed by atoms with Crippen molar-refractivity contribution in [1.29, 1.82) is 0 Å². The standard InChI is InChI=1S/C20H31N/c1-14(2)12-21-13-20(10-18-8-19(18)11-20)9-17-7-15(3)5-6-16(17)4/h5-7,14,18-19,21H,8-13H2,1-4H3. The molecule has 0 aromatic heterocycles. The van der Waals surface area contributed by atoms with Gasteiger partial charge in [-0.15, -0.1) is 0 Å². The Labute approximate surface area is 130 Å². The van der Waals surface area contributed by atoms with E-state index in [1.165, 1.54) is 43.4 Å². The first kappa shape index (κ1) is 15.1. The molecule has 1 aromatic rings. The van der Waals surface area contributed by atoms with Crippen LogP contribution in [0.1, 0.15) is 49.8 Å². The Balaban J connectivity index is 1.72. The van der Waals surface area contributed by atoms with Crippen LogP contribution in [-0.4, -0.2) is 13.1 Å². The zero-order valence-corrected chi connectivity index (χ0v) is 14.2. The molecule has 2 aliphatic rings. The Hall–Kier alpha value is -0.820. The lowest BCUT2D eigenvalue weighted by molar-refractivity contribution is 0.244. The first-order chi connectivity index (χ1) is 9.97. The fraction of sp³-hybridized carbons (Fsp3) is 0.700. The van der Waals surface area contributed by atoms with Gasteiger partial charge in [0, 0.05) is 6.54 Å². The summed E-state index contributed by atoms with van der Waals surface area (Å²) in [5, 5.41) is 3.76. The predicted molar refractivity (Wildman–Crippen MR) is 90.6 cm³/mol. The summed E-state index contributed by atoms with van der Waals surface area (Å²) in [5.41, 5.74) is 5.00. The average Bonchev–Trinajstić information content (AvgIpc) is 3.02. The second-order valence-electron chi connectivity index (χ2n) is 8.30. The van der Waals surface area contributed by atoms with Crippen molar-refractivity contribution < 1.29 is 0 Å². The molecule has 1 aromatic carbocycles. The molecule has 3 rings (SSSR count). The van der Waals surface area contributed by atoms with Crippen molar-refractivity contribution in [3.8, 4) is 0 Å². The summed E-state index contributed by atoms with van der Waals surface area (Å²) in [6.45, 7) is 11.5. The fourth-order valence-corrected chi connectivity index (χ4v) is 4.38. The molecule has 116 valence electrons. The smallest absolute Gasteiger partial charge is 0.00113 e. The topological polar surface area (TPSA) is 12.0 Å². The average molecular weight is 285 g/mol. The summed E-state index contributed by atoms with van der Waals surface area (Å²) in [6.07, 6.45) is 5.70. The zero-order chi connectivity index (χ0) is 15.0. The maximum atomic E-state index is 3.76. The third kappa shape index (κ3) is 3.51. The summed E-state index contributed by atoms with van der Waals surface area (Å²) in [4.78, 5) is 0. The first-order valence-corrected chi connectivity index (χ1v) is 8.74. The van der Waals surface area contributed by atoms with E-state index in [2.05, 4.69) is 51.2 Å². The minimum Gasteiger partial charge on any atom is -0.316 e. The Morgan fingerprint density at radius 2 is 1.90 bits per heavy atom. The molecule has 0 heterocycles. The Kier molecular flexibility index (Phi) is 4.14. The van der Waals surface area contributed by atoms with Gasteiger partial charge in [-0.2, -0.15) is 0 Å². The molecular formula is C20H31N. The van der Waals surface area contributed by atoms with Crippen LogP contribution in [0.5, 0.6) is 0 Å². The van der Waals surface area contributed by atoms with E-state index < -0.39 is 0 Å². The SMILES string of the molecule is Cc1ccc(C)c(CC2(CNCC(C)C)CC3CC3C2)c1. The van der Waals surface area contributed by atoms with Crippen LogP contribution in [0.2, 0.25) is 0 Å². The van der Waals surface area contributed by atoms with Gasteiger partial charge in [-0.05, 0) is 80.4 Å². The van der Waals surface area contributed by atoms with E-state index in [1.54, 1.807) is 5.56 Å². The molecular weight excluding hydrogens is 254 g/mol. The van der Waals surface area contributed by atoms with Crippen LogP contribution in [0.4, 0.5) is 0 Å². The van der Waals surface area contributed by atoms with Gasteiger partial charge in [-0.1, -0.05) is 37.6 Å². The lowest BCUT2D eigenvalue weighted by atomic mass is 9.76. The molecule has 2 saturated carbocycles. The second-order valence-corrected chi connectivity index (χ2v) is 8.30. The maximum absolute atomic E-state index is 3.76. The number of aryl methyl sites for hydroxylation is 2. The minimum atomic E-state index is 0.529. The van der Waals surface area contributed by atoms with Gasteiger partial charge in [0.15, 0.2) is 0 Å². The highest BCUT2D eigenvalue weighted by molar-refractivity contribution is 5.32. The predicted octanol–water partition coefficient (Wildman–Crippen LogP) is 4.51. The van der Waals surface area contributed by atoms with Gasteiger partial charge >= 0.3 is 0 Å². The van der Waals surface area contributed by atoms with E-state index in [0.29, 0.717) is 5.41 Å². The van der Waals surface area contributed by atoms with Crippen LogP contribution >= 0.6 is 0 Å². The van der Waals surface area contributed by atoms with Crippen molar-refractivity contribution in [3.05, 3.63) is 34.9 Å². The number of hydrogen-bond acceptors (Lipinski definition) is 1. The first-order valence-electron chi connectivity index (χ1n) is 8.74. The van der Waals surface area contributed by atoms with Gasteiger partial charge < -0.3 is 5.32 Å². The Morgan fingerprint density at radius 3 is 2.57 bits per heavy atom. The van der Waals surface area contributed by atoms with Gasteiger partial charge in [-0.25, -0.2) is 0 Å². The molecule has 1 heteroatoms. The number of fused-ring (bicyclic) bond motifs is 1. The number of hydrogen-bond donors (Lipinski definition) is 1. The van der Waals surface area contributed by atoms with Gasteiger partial charge in [0.2, 0.25) is 0 Å². The summed E-state index contributed by atoms with van der Waals surface area (Å²) >= 11 is 0. The van der Waals surface area contributed by atoms with Crippen LogP contribution in [0.15, 0.2) is 18.2 Å². The van der Waals surface area contributed by atoms with Gasteiger partial charge in [0.25, 0.3) is 0 Å². The van der Waals surface area contributed by atoms with Crippen LogP contribution in [0, 0.1) is 37.0 Å². The normalized spacial score (nSPS) is 30.7. The summed E-state index contributed by atoms with van der Waals surface area (Å²) in [7, 11) is 0. The van der Waals surface area contributed by atoms with Crippen molar-refractivity contribution in [2.45, 2.75) is 53.4 Å². The molecule has 0 amide bonds. The fourth-order valence-electron chi connectivity index (χ4n) is 4.38. The molecule has 21 heavy (non-hydrogen) atoms. The Morgan fingerprint density at radius 1 is 1.19 bits per heavy atom. The van der Waals surface area contributed by atoms with E-state index in [1.807, 2.05) is 0 Å². The van der Waals surface area contributed by atoms with Crippen molar-refractivity contribution in [3.63, 3.8) is 0 Å². The number of nitrogens with one attached hydrogen (secondary N) is 1. The lowest BCUT2D eigenvalue weighted by Gasteiger charge is -2.32. The van der Waals surface area contributed by atoms with E-state index in [4.69, 9.17) is 0 Å². The molecule has 2 unspecified atom stereocenters. The minimum absolute atomic E-state index is 0.529. The van der Waals surface area contributed by atoms with Gasteiger partial charge in [0.1, 0.15) is 0 Å². The molecule has 2 aliphatic carbocycles. The van der Waals surface area contributed by atoms with Gasteiger partial charge in [-0.3, -0.25) is 0 Å². The quantitative estimate of drug-likeness (QED) is 0.811. The maximum Gasteiger partial charge on any atom is 0.00113 e. The van der Waals surface area contributed by atoms with E-state index in [0.717, 1.165) is 24.3 Å². The highest BCUT2D eigenvalue weighted by Crippen LogP contribution is 2.60. The van der Waals surface area contributed by atoms with Crippen molar-refractivity contribution in [2.24, 2.45) is 23.2 Å². The van der Waals surface area contributed by atoms with Crippen LogP contribution < -0.4 is 5.32 Å². The molecule has 0 radical (unpaired) electrons. The van der Waals surface area contributed by atoms with Gasteiger partial charge in [0.05, 0.1) is 0 Å². The van der Waals surface area contributed by atoms with E-state index in [9.17, 15) is 0 Å². The third-order valence-corrected chi connectivity index (χ3v) is 5.58. The van der Waals surface area contributed by atoms with Crippen LogP contribution in [-0.2, 0) is 6.42 Å². The van der Waals surface area contributed by atoms with E-state index >= 15 is 0 Å². The molecule has 1 N–H and O–H groups in total. The third-order valence-electron chi connectivity index (χ3n) is 5.58. The largest absolute Gasteiger partial charge is 0.316 e. The molecule has 0 aliphatic heterocycles. The number of rotatable bonds is 6. The Bertz CT molecular complexity index is 493. The van der Waals surface area contributed by atoms with Crippen LogP contribution in [0.3, 0.4) is 0 Å². The molecule has 1 nitrogen and oxygen atoms in total. The monoisotopic (exact) mass is 285 g/mol. The number of benzene rings is 1. The summed E-state index contributed by atoms with van der Waals surface area (Å²) in [5.74, 6) is 2.85. The second kappa shape index (κ2) is 5.76. The van der Waals surface area contributed by atoms with Crippen molar-refractivity contribution in [1.82, 2.24) is 5.32 Å². The summed E-state index contributed by atoms with van der Waals surface area (Å²) in [6, 6.07) is 6.97.